The summed E-state index contributed by atoms with van der Waals surface area (Å²) in [6.07, 6.45) is 5.30. The van der Waals surface area contributed by atoms with Crippen molar-refractivity contribution in [3.63, 3.8) is 0 Å². The van der Waals surface area contributed by atoms with E-state index in [9.17, 15) is 8.42 Å². The number of hydrogen-bond donors (Lipinski definition) is 1. The van der Waals surface area contributed by atoms with Crippen molar-refractivity contribution in [1.29, 1.82) is 0 Å². The summed E-state index contributed by atoms with van der Waals surface area (Å²) in [5.41, 5.74) is 2.44. The van der Waals surface area contributed by atoms with Gasteiger partial charge < -0.3 is 5.32 Å². The third kappa shape index (κ3) is 3.12. The Hall–Kier alpha value is -0.950. The predicted octanol–water partition coefficient (Wildman–Crippen LogP) is 1.75. The molecule has 0 bridgehead atoms. The summed E-state index contributed by atoms with van der Waals surface area (Å²) < 4.78 is 29.4. The summed E-state index contributed by atoms with van der Waals surface area (Å²) >= 11 is 0. The topological polar surface area (TPSA) is 52.7 Å². The van der Waals surface area contributed by atoms with E-state index in [1.807, 2.05) is 12.1 Å². The highest BCUT2D eigenvalue weighted by Crippen LogP contribution is 2.29. The molecule has 1 aromatic carbocycles. The molecule has 0 spiro atoms. The zero-order valence-corrected chi connectivity index (χ0v) is 15.0. The minimum Gasteiger partial charge on any atom is -0.314 e. The quantitative estimate of drug-likeness (QED) is 0.905. The van der Waals surface area contributed by atoms with Crippen LogP contribution in [0.5, 0.6) is 0 Å². The average molecular weight is 350 g/mol. The summed E-state index contributed by atoms with van der Waals surface area (Å²) in [6.45, 7) is 3.58. The molecule has 0 amide bonds. The number of hydrogen-bond acceptors (Lipinski definition) is 3. The van der Waals surface area contributed by atoms with Gasteiger partial charge in [0.2, 0.25) is 0 Å². The van der Waals surface area contributed by atoms with Crippen LogP contribution in [-0.4, -0.2) is 49.2 Å². The van der Waals surface area contributed by atoms with Crippen LogP contribution < -0.4 is 5.32 Å². The lowest BCUT2D eigenvalue weighted by atomic mass is 9.89. The summed E-state index contributed by atoms with van der Waals surface area (Å²) in [5, 5.41) is 3.58. The Balaban J connectivity index is 1.41. The van der Waals surface area contributed by atoms with Crippen molar-refractivity contribution in [3.05, 3.63) is 35.4 Å². The van der Waals surface area contributed by atoms with Crippen molar-refractivity contribution in [2.75, 3.05) is 26.2 Å². The highest BCUT2D eigenvalue weighted by molar-refractivity contribution is 7.86. The van der Waals surface area contributed by atoms with Gasteiger partial charge in [-0.3, -0.25) is 0 Å². The number of piperidine rings is 1. The second kappa shape index (κ2) is 6.75. The Morgan fingerprint density at radius 3 is 2.42 bits per heavy atom. The fourth-order valence-corrected chi connectivity index (χ4v) is 6.08. The van der Waals surface area contributed by atoms with E-state index in [1.165, 1.54) is 18.4 Å². The highest BCUT2D eigenvalue weighted by atomic mass is 32.2. The molecule has 6 heteroatoms. The Labute approximate surface area is 145 Å². The van der Waals surface area contributed by atoms with Crippen LogP contribution >= 0.6 is 0 Å². The van der Waals surface area contributed by atoms with Crippen LogP contribution in [-0.2, 0) is 23.2 Å². The first kappa shape index (κ1) is 16.5. The lowest BCUT2D eigenvalue weighted by Crippen LogP contribution is -2.50. The van der Waals surface area contributed by atoms with E-state index in [-0.39, 0.29) is 0 Å². The Morgan fingerprint density at radius 1 is 0.958 bits per heavy atom. The van der Waals surface area contributed by atoms with E-state index in [0.717, 1.165) is 31.4 Å². The van der Waals surface area contributed by atoms with Crippen molar-refractivity contribution in [2.24, 2.45) is 5.92 Å². The maximum atomic E-state index is 13.0. The third-order valence-corrected chi connectivity index (χ3v) is 7.90. The Bertz CT molecular complexity index is 677. The van der Waals surface area contributed by atoms with Crippen LogP contribution in [0.25, 0.3) is 0 Å². The summed E-state index contributed by atoms with van der Waals surface area (Å²) in [6, 6.07) is 8.80. The first-order chi connectivity index (χ1) is 11.6. The molecular weight excluding hydrogens is 322 g/mol. The van der Waals surface area contributed by atoms with Gasteiger partial charge in [0, 0.05) is 32.2 Å². The highest BCUT2D eigenvalue weighted by Gasteiger charge is 2.36. The molecule has 1 unspecified atom stereocenters. The molecule has 132 valence electrons. The van der Waals surface area contributed by atoms with Gasteiger partial charge in [-0.1, -0.05) is 24.3 Å². The number of fused-ring (bicyclic) bond motifs is 1. The van der Waals surface area contributed by atoms with Gasteiger partial charge in [0.25, 0.3) is 10.2 Å². The molecule has 0 radical (unpaired) electrons. The lowest BCUT2D eigenvalue weighted by Gasteiger charge is -2.38. The molecule has 24 heavy (non-hydrogen) atoms. The average Bonchev–Trinajstić information content (AvgIpc) is 3.16. The van der Waals surface area contributed by atoms with Crippen LogP contribution in [0.3, 0.4) is 0 Å². The van der Waals surface area contributed by atoms with Crippen LogP contribution in [0, 0.1) is 5.92 Å². The molecular formula is C18H27N3O2S. The molecule has 3 aliphatic heterocycles. The number of rotatable bonds is 3. The maximum absolute atomic E-state index is 13.0. The molecule has 5 nitrogen and oxygen atoms in total. The fraction of sp³-hybridized carbons (Fsp3) is 0.667. The van der Waals surface area contributed by atoms with Gasteiger partial charge in [-0.15, -0.1) is 0 Å². The van der Waals surface area contributed by atoms with Crippen molar-refractivity contribution >= 4 is 10.2 Å². The minimum atomic E-state index is -3.33. The van der Waals surface area contributed by atoms with Gasteiger partial charge in [-0.25, -0.2) is 0 Å². The summed E-state index contributed by atoms with van der Waals surface area (Å²) in [4.78, 5) is 0. The first-order valence-corrected chi connectivity index (χ1v) is 10.6. The van der Waals surface area contributed by atoms with E-state index in [4.69, 9.17) is 0 Å². The van der Waals surface area contributed by atoms with Crippen LogP contribution in [0.4, 0.5) is 0 Å². The number of nitrogens with zero attached hydrogens (tertiary/aromatic N) is 2. The van der Waals surface area contributed by atoms with Gasteiger partial charge >= 0.3 is 0 Å². The van der Waals surface area contributed by atoms with Gasteiger partial charge in [0.15, 0.2) is 0 Å². The van der Waals surface area contributed by atoms with Crippen LogP contribution in [0.1, 0.15) is 36.8 Å². The molecule has 1 aromatic rings. The summed E-state index contributed by atoms with van der Waals surface area (Å²) in [7, 11) is -3.33. The molecule has 1 N–H and O–H groups in total. The van der Waals surface area contributed by atoms with Crippen molar-refractivity contribution in [3.8, 4) is 0 Å². The molecule has 2 saturated heterocycles. The molecule has 2 fully saturated rings. The minimum absolute atomic E-state index is 0.516. The second-order valence-corrected chi connectivity index (χ2v) is 9.23. The van der Waals surface area contributed by atoms with E-state index in [2.05, 4.69) is 17.4 Å². The standard InChI is InChI=1S/C18H27N3O2S/c22-24(23,21-13-7-15-4-1-2-5-17(15)14-21)20-11-8-16(9-12-20)18-6-3-10-19-18/h1-2,4-5,16,18-19H,3,6-14H2. The molecule has 0 aliphatic carbocycles. The van der Waals surface area contributed by atoms with E-state index in [0.29, 0.717) is 38.1 Å². The number of nitrogens with one attached hydrogen (secondary N) is 1. The van der Waals surface area contributed by atoms with Gasteiger partial charge in [0.05, 0.1) is 0 Å². The van der Waals surface area contributed by atoms with E-state index in [1.54, 1.807) is 8.61 Å². The number of benzene rings is 1. The molecule has 1 atom stereocenters. The maximum Gasteiger partial charge on any atom is 0.282 e. The monoisotopic (exact) mass is 349 g/mol. The molecule has 4 rings (SSSR count). The molecule has 3 heterocycles. The van der Waals surface area contributed by atoms with Gasteiger partial charge in [0.1, 0.15) is 0 Å². The van der Waals surface area contributed by atoms with Crippen molar-refractivity contribution in [2.45, 2.75) is 44.7 Å². The van der Waals surface area contributed by atoms with Crippen LogP contribution in [0.2, 0.25) is 0 Å². The first-order valence-electron chi connectivity index (χ1n) is 9.20. The van der Waals surface area contributed by atoms with Crippen LogP contribution in [0.15, 0.2) is 24.3 Å². The zero-order chi connectivity index (χ0) is 16.6. The lowest BCUT2D eigenvalue weighted by molar-refractivity contribution is 0.220. The molecule has 0 saturated carbocycles. The smallest absolute Gasteiger partial charge is 0.282 e. The third-order valence-electron chi connectivity index (χ3n) is 5.91. The van der Waals surface area contributed by atoms with Gasteiger partial charge in [-0.05, 0) is 55.7 Å². The second-order valence-electron chi connectivity index (χ2n) is 7.30. The SMILES string of the molecule is O=S(=O)(N1CCC(C2CCCN2)CC1)N1CCc2ccccc2C1. The fourth-order valence-electron chi connectivity index (χ4n) is 4.45. The molecule has 0 aromatic heterocycles. The Morgan fingerprint density at radius 2 is 1.71 bits per heavy atom. The normalized spacial score (nSPS) is 27.2. The van der Waals surface area contributed by atoms with Crippen molar-refractivity contribution < 1.29 is 8.42 Å². The molecule has 3 aliphatic rings. The van der Waals surface area contributed by atoms with Gasteiger partial charge in [-0.2, -0.15) is 17.0 Å². The Kier molecular flexibility index (Phi) is 4.64. The largest absolute Gasteiger partial charge is 0.314 e. The summed E-state index contributed by atoms with van der Waals surface area (Å²) in [5.74, 6) is 0.640. The van der Waals surface area contributed by atoms with Crippen molar-refractivity contribution in [1.82, 2.24) is 13.9 Å². The van der Waals surface area contributed by atoms with E-state index < -0.39 is 10.2 Å². The predicted molar refractivity (Wildman–Crippen MR) is 94.8 cm³/mol. The van der Waals surface area contributed by atoms with E-state index >= 15 is 0 Å². The zero-order valence-electron chi connectivity index (χ0n) is 14.2.